The van der Waals surface area contributed by atoms with Crippen LogP contribution in [0.3, 0.4) is 0 Å². The number of pyridine rings is 1. The zero-order valence-electron chi connectivity index (χ0n) is 21.9. The van der Waals surface area contributed by atoms with Crippen LogP contribution in [-0.4, -0.2) is 56.8 Å². The molecule has 2 aromatic carbocycles. The van der Waals surface area contributed by atoms with Gasteiger partial charge in [-0.05, 0) is 72.9 Å². The van der Waals surface area contributed by atoms with Crippen LogP contribution in [0.25, 0.3) is 11.0 Å². The van der Waals surface area contributed by atoms with Gasteiger partial charge in [-0.3, -0.25) is 9.88 Å². The molecule has 2 aliphatic heterocycles. The second kappa shape index (κ2) is 11.7. The number of ether oxygens (including phenoxy) is 2. The lowest BCUT2D eigenvalue weighted by Gasteiger charge is -2.39. The third kappa shape index (κ3) is 6.10. The van der Waals surface area contributed by atoms with Crippen molar-refractivity contribution < 1.29 is 19.4 Å². The number of hydrogen-bond donors (Lipinski definition) is 1. The Morgan fingerprint density at radius 3 is 2.75 bits per heavy atom. The molecule has 208 valence electrons. The number of nitrogens with zero attached hydrogens (tertiary/aromatic N) is 4. The number of imidazole rings is 1. The zero-order chi connectivity index (χ0) is 27.6. The van der Waals surface area contributed by atoms with Crippen LogP contribution in [-0.2, 0) is 30.9 Å². The van der Waals surface area contributed by atoms with Gasteiger partial charge in [0.15, 0.2) is 0 Å². The smallest absolute Gasteiger partial charge is 0.335 e. The molecule has 0 saturated carbocycles. The Bertz CT molecular complexity index is 1530. The summed E-state index contributed by atoms with van der Waals surface area (Å²) < 4.78 is 13.7. The van der Waals surface area contributed by atoms with E-state index in [1.165, 1.54) is 5.56 Å². The number of likely N-dealkylation sites (tertiary alicyclic amines) is 1. The largest absolute Gasteiger partial charge is 0.486 e. The van der Waals surface area contributed by atoms with Crippen LogP contribution < -0.4 is 4.74 Å². The molecule has 0 unspecified atom stereocenters. The lowest BCUT2D eigenvalue weighted by molar-refractivity contribution is 0.0697. The molecule has 0 amide bonds. The average Bonchev–Trinajstić information content (AvgIpc) is 3.55. The second-order valence-electron chi connectivity index (χ2n) is 10.7. The summed E-state index contributed by atoms with van der Waals surface area (Å²) in [5.41, 5.74) is 4.08. The summed E-state index contributed by atoms with van der Waals surface area (Å²) in [5, 5.41) is 10.6. The average molecular weight is 582 g/mol. The Hall–Kier alpha value is -3.17. The van der Waals surface area contributed by atoms with Gasteiger partial charge in [0, 0.05) is 43.4 Å². The van der Waals surface area contributed by atoms with Gasteiger partial charge < -0.3 is 19.1 Å². The van der Waals surface area contributed by atoms with Crippen molar-refractivity contribution in [3.63, 3.8) is 0 Å². The van der Waals surface area contributed by atoms with Gasteiger partial charge in [0.25, 0.3) is 0 Å². The molecule has 1 N–H and O–H groups in total. The number of carbonyl (C=O) groups is 1. The standard InChI is InChI=1S/C30H30Cl2N4O4/c31-23-2-4-28(25(32)12-23)40-18-24-10-19(5-7-33-24)9-21-13-35(14-21)16-29-34-26-3-1-22(30(37)38)11-27(26)36(29)15-20-6-8-39-17-20/h1-5,7,10-12,20-21H,6,8-9,13-18H2,(H,37,38)/t20-/m1/s1. The fraction of sp³-hybridized carbons (Fsp3) is 0.367. The summed E-state index contributed by atoms with van der Waals surface area (Å²) in [6.45, 7) is 5.31. The van der Waals surface area contributed by atoms with E-state index in [1.54, 1.807) is 30.3 Å². The number of rotatable bonds is 10. The van der Waals surface area contributed by atoms with Crippen molar-refractivity contribution in [3.8, 4) is 5.75 Å². The zero-order valence-corrected chi connectivity index (χ0v) is 23.4. The quantitative estimate of drug-likeness (QED) is 0.256. The fourth-order valence-corrected chi connectivity index (χ4v) is 6.02. The number of aromatic carboxylic acids is 1. The van der Waals surface area contributed by atoms with Crippen molar-refractivity contribution in [1.29, 1.82) is 0 Å². The van der Waals surface area contributed by atoms with Crippen LogP contribution in [0.1, 0.15) is 33.9 Å². The fourth-order valence-electron chi connectivity index (χ4n) is 5.56. The van der Waals surface area contributed by atoms with Crippen LogP contribution in [0.2, 0.25) is 10.0 Å². The molecule has 4 aromatic rings. The van der Waals surface area contributed by atoms with E-state index in [4.69, 9.17) is 37.7 Å². The summed E-state index contributed by atoms with van der Waals surface area (Å²) >= 11 is 12.2. The van der Waals surface area contributed by atoms with Crippen molar-refractivity contribution in [3.05, 3.63) is 87.4 Å². The Kier molecular flexibility index (Phi) is 7.94. The van der Waals surface area contributed by atoms with Gasteiger partial charge in [-0.1, -0.05) is 23.2 Å². The molecule has 0 spiro atoms. The number of fused-ring (bicyclic) bond motifs is 1. The highest BCUT2D eigenvalue weighted by Gasteiger charge is 2.29. The third-order valence-electron chi connectivity index (χ3n) is 7.61. The number of benzene rings is 2. The van der Waals surface area contributed by atoms with Gasteiger partial charge in [0.1, 0.15) is 18.2 Å². The first-order valence-corrected chi connectivity index (χ1v) is 14.2. The predicted molar refractivity (Wildman–Crippen MR) is 153 cm³/mol. The van der Waals surface area contributed by atoms with Crippen molar-refractivity contribution in [1.82, 2.24) is 19.4 Å². The Morgan fingerprint density at radius 2 is 1.98 bits per heavy atom. The highest BCUT2D eigenvalue weighted by Crippen LogP contribution is 2.29. The maximum Gasteiger partial charge on any atom is 0.335 e. The number of carboxylic acids is 1. The van der Waals surface area contributed by atoms with Crippen molar-refractivity contribution in [2.24, 2.45) is 11.8 Å². The molecule has 2 aliphatic rings. The summed E-state index contributed by atoms with van der Waals surface area (Å²) in [6, 6.07) is 14.5. The summed E-state index contributed by atoms with van der Waals surface area (Å²) in [4.78, 5) is 23.4. The van der Waals surface area contributed by atoms with Crippen LogP contribution in [0.4, 0.5) is 0 Å². The van der Waals surface area contributed by atoms with Crippen molar-refractivity contribution in [2.45, 2.75) is 32.5 Å². The predicted octanol–water partition coefficient (Wildman–Crippen LogP) is 5.73. The molecular weight excluding hydrogens is 551 g/mol. The van der Waals surface area contributed by atoms with Gasteiger partial charge in [-0.25, -0.2) is 9.78 Å². The molecule has 2 saturated heterocycles. The van der Waals surface area contributed by atoms with E-state index in [0.29, 0.717) is 34.2 Å². The molecule has 40 heavy (non-hydrogen) atoms. The first-order valence-electron chi connectivity index (χ1n) is 13.5. The van der Waals surface area contributed by atoms with Gasteiger partial charge in [-0.2, -0.15) is 0 Å². The summed E-state index contributed by atoms with van der Waals surface area (Å²) in [6.07, 6.45) is 3.80. The second-order valence-corrected chi connectivity index (χ2v) is 11.5. The molecule has 1 atom stereocenters. The van der Waals surface area contributed by atoms with Crippen LogP contribution >= 0.6 is 23.2 Å². The Labute approximate surface area is 242 Å². The highest BCUT2D eigenvalue weighted by molar-refractivity contribution is 6.35. The summed E-state index contributed by atoms with van der Waals surface area (Å²) in [7, 11) is 0. The third-order valence-corrected chi connectivity index (χ3v) is 8.14. The van der Waals surface area contributed by atoms with E-state index in [9.17, 15) is 9.90 Å². The molecule has 0 bridgehead atoms. The van der Waals surface area contributed by atoms with Crippen molar-refractivity contribution in [2.75, 3.05) is 26.3 Å². The molecule has 4 heterocycles. The minimum Gasteiger partial charge on any atom is -0.486 e. The number of carboxylic acid groups (broad SMARTS) is 1. The molecule has 10 heteroatoms. The van der Waals surface area contributed by atoms with Crippen LogP contribution in [0.15, 0.2) is 54.7 Å². The molecule has 8 nitrogen and oxygen atoms in total. The monoisotopic (exact) mass is 580 g/mol. The van der Waals surface area contributed by atoms with Gasteiger partial charge in [0.05, 0.1) is 40.5 Å². The summed E-state index contributed by atoms with van der Waals surface area (Å²) in [5.74, 6) is 1.59. The maximum absolute atomic E-state index is 11.6. The minimum atomic E-state index is -0.925. The van der Waals surface area contributed by atoms with E-state index in [1.807, 2.05) is 12.3 Å². The SMILES string of the molecule is O=C(O)c1ccc2nc(CN3CC(Cc4ccnc(COc5ccc(Cl)cc5Cl)c4)C3)n(C[C@H]3CCOC3)c2c1. The van der Waals surface area contributed by atoms with E-state index < -0.39 is 5.97 Å². The topological polar surface area (TPSA) is 89.7 Å². The number of halogens is 2. The molecule has 2 aromatic heterocycles. The Balaban J connectivity index is 1.08. The molecule has 6 rings (SSSR count). The van der Waals surface area contributed by atoms with Crippen LogP contribution in [0, 0.1) is 11.8 Å². The minimum absolute atomic E-state index is 0.283. The lowest BCUT2D eigenvalue weighted by Crippen LogP contribution is -2.47. The molecule has 0 radical (unpaired) electrons. The lowest BCUT2D eigenvalue weighted by atomic mass is 9.92. The highest BCUT2D eigenvalue weighted by atomic mass is 35.5. The van der Waals surface area contributed by atoms with E-state index in [-0.39, 0.29) is 5.56 Å². The maximum atomic E-state index is 11.6. The molecular formula is C30H30Cl2N4O4. The molecule has 2 fully saturated rings. The normalized spacial score (nSPS) is 17.8. The van der Waals surface area contributed by atoms with Gasteiger partial charge >= 0.3 is 5.97 Å². The van der Waals surface area contributed by atoms with Crippen LogP contribution in [0.5, 0.6) is 5.75 Å². The first-order chi connectivity index (χ1) is 19.4. The van der Waals surface area contributed by atoms with E-state index >= 15 is 0 Å². The van der Waals surface area contributed by atoms with Gasteiger partial charge in [0.2, 0.25) is 0 Å². The Morgan fingerprint density at radius 1 is 1.10 bits per heavy atom. The molecule has 0 aliphatic carbocycles. The van der Waals surface area contributed by atoms with Gasteiger partial charge in [-0.15, -0.1) is 0 Å². The first kappa shape index (κ1) is 27.0. The number of hydrogen-bond acceptors (Lipinski definition) is 6. The van der Waals surface area contributed by atoms with E-state index in [2.05, 4.69) is 26.6 Å². The number of aromatic nitrogens is 3. The van der Waals surface area contributed by atoms with Crippen molar-refractivity contribution >= 4 is 40.2 Å². The van der Waals surface area contributed by atoms with E-state index in [0.717, 1.165) is 74.8 Å².